The van der Waals surface area contributed by atoms with E-state index in [1.165, 1.54) is 22.3 Å². The molecule has 0 fully saturated rings. The lowest BCUT2D eigenvalue weighted by atomic mass is 9.73. The van der Waals surface area contributed by atoms with E-state index in [-0.39, 0.29) is 22.4 Å². The van der Waals surface area contributed by atoms with Crippen LogP contribution in [0.2, 0.25) is 0 Å². The fourth-order valence-corrected chi connectivity index (χ4v) is 14.9. The SMILES string of the molecule is CC1(C)c2ccccc2N(c2ccccc2-c2cc3cc(-c4ccccc4-c4ccc(C(=O)c5ccccc5)cc4)c(-c4ccccc4N4c5ccccc5C(C)(C)c5ccccc54)cc3cc2-c2cccc(-c3ccc(C(=O)c4ccccc4)cc3)c2)c2ccccc21. The van der Waals surface area contributed by atoms with Gasteiger partial charge in [0.25, 0.3) is 0 Å². The fraction of sp³-hybridized carbons (Fsp3) is 0.0667. The first kappa shape index (κ1) is 57.4. The predicted octanol–water partition coefficient (Wildman–Crippen LogP) is 23.5. The zero-order valence-electron chi connectivity index (χ0n) is 52.9. The quantitative estimate of drug-likeness (QED) is 0.114. The average Bonchev–Trinajstić information content (AvgIpc) is 0.729. The summed E-state index contributed by atoms with van der Waals surface area (Å²) in [6, 6.07) is 116. The van der Waals surface area contributed by atoms with E-state index in [4.69, 9.17) is 0 Å². The van der Waals surface area contributed by atoms with E-state index >= 15 is 0 Å². The molecule has 0 N–H and O–H groups in total. The van der Waals surface area contributed by atoms with Gasteiger partial charge in [-0.2, -0.15) is 0 Å². The third-order valence-electron chi connectivity index (χ3n) is 19.7. The van der Waals surface area contributed by atoms with Crippen molar-refractivity contribution in [3.63, 3.8) is 0 Å². The van der Waals surface area contributed by atoms with Crippen molar-refractivity contribution in [3.8, 4) is 66.8 Å². The number of carbonyl (C=O) groups is 2. The smallest absolute Gasteiger partial charge is 0.193 e. The Morgan fingerprint density at radius 3 is 0.968 bits per heavy atom. The zero-order valence-corrected chi connectivity index (χ0v) is 52.9. The second-order valence-electron chi connectivity index (χ2n) is 25.8. The molecule has 2 aliphatic rings. The average molecular weight is 1210 g/mol. The highest BCUT2D eigenvalue weighted by Gasteiger charge is 2.39. The molecule has 0 bridgehead atoms. The number of carbonyl (C=O) groups excluding carboxylic acids is 2. The second-order valence-corrected chi connectivity index (χ2v) is 25.8. The first-order chi connectivity index (χ1) is 46.0. The van der Waals surface area contributed by atoms with Gasteiger partial charge < -0.3 is 9.80 Å². The van der Waals surface area contributed by atoms with Gasteiger partial charge in [0.15, 0.2) is 11.6 Å². The van der Waals surface area contributed by atoms with E-state index < -0.39 is 0 Å². The molecule has 0 saturated heterocycles. The summed E-state index contributed by atoms with van der Waals surface area (Å²) < 4.78 is 0. The number of fused-ring (bicyclic) bond motifs is 5. The molecule has 0 spiro atoms. The van der Waals surface area contributed by atoms with Crippen LogP contribution in [0.25, 0.3) is 77.5 Å². The first-order valence-corrected chi connectivity index (χ1v) is 32.4. The third kappa shape index (κ3) is 9.77. The Bertz CT molecular complexity index is 5200. The van der Waals surface area contributed by atoms with Gasteiger partial charge in [-0.25, -0.2) is 0 Å². The Balaban J connectivity index is 0.945. The summed E-state index contributed by atoms with van der Waals surface area (Å²) in [7, 11) is 0. The van der Waals surface area contributed by atoms with Crippen molar-refractivity contribution in [2.24, 2.45) is 0 Å². The minimum absolute atomic E-state index is 0.00286. The number of ketones is 2. The lowest BCUT2D eigenvalue weighted by molar-refractivity contribution is 0.103. The molecule has 14 aromatic carbocycles. The molecule has 14 aromatic rings. The molecule has 94 heavy (non-hydrogen) atoms. The van der Waals surface area contributed by atoms with Crippen LogP contribution in [0, 0.1) is 0 Å². The highest BCUT2D eigenvalue weighted by molar-refractivity contribution is 6.11. The summed E-state index contributed by atoms with van der Waals surface area (Å²) in [5, 5.41) is 2.16. The Labute approximate surface area is 550 Å². The summed E-state index contributed by atoms with van der Waals surface area (Å²) in [5.41, 5.74) is 26.6. The summed E-state index contributed by atoms with van der Waals surface area (Å²) >= 11 is 0. The number of anilines is 6. The van der Waals surface area contributed by atoms with Crippen molar-refractivity contribution >= 4 is 56.5 Å². The van der Waals surface area contributed by atoms with Crippen LogP contribution in [0.5, 0.6) is 0 Å². The maximum absolute atomic E-state index is 13.9. The van der Waals surface area contributed by atoms with E-state index in [2.05, 4.69) is 280 Å². The van der Waals surface area contributed by atoms with Crippen LogP contribution in [0.1, 0.15) is 81.8 Å². The summed E-state index contributed by atoms with van der Waals surface area (Å²) in [4.78, 5) is 32.5. The number of nitrogens with zero attached hydrogens (tertiary/aromatic N) is 2. The fourth-order valence-electron chi connectivity index (χ4n) is 14.9. The molecule has 0 atom stereocenters. The van der Waals surface area contributed by atoms with Crippen LogP contribution in [0.15, 0.2) is 328 Å². The number of hydrogen-bond donors (Lipinski definition) is 0. The van der Waals surface area contributed by atoms with E-state index in [9.17, 15) is 9.59 Å². The van der Waals surface area contributed by atoms with Crippen LogP contribution in [-0.2, 0) is 10.8 Å². The molecule has 2 heterocycles. The van der Waals surface area contributed by atoms with Crippen molar-refractivity contribution in [1.82, 2.24) is 0 Å². The molecule has 0 amide bonds. The highest BCUT2D eigenvalue weighted by atomic mass is 16.1. The lowest BCUT2D eigenvalue weighted by Crippen LogP contribution is -2.30. The second kappa shape index (κ2) is 23.2. The monoisotopic (exact) mass is 1210 g/mol. The van der Waals surface area contributed by atoms with Crippen LogP contribution >= 0.6 is 0 Å². The van der Waals surface area contributed by atoms with E-state index in [1.807, 2.05) is 84.9 Å². The van der Waals surface area contributed by atoms with E-state index in [1.54, 1.807) is 0 Å². The highest BCUT2D eigenvalue weighted by Crippen LogP contribution is 2.57. The molecule has 16 rings (SSSR count). The maximum atomic E-state index is 13.9. The minimum atomic E-state index is -0.251. The van der Waals surface area contributed by atoms with Gasteiger partial charge in [0, 0.05) is 44.2 Å². The summed E-state index contributed by atoms with van der Waals surface area (Å²) in [6.45, 7) is 9.36. The van der Waals surface area contributed by atoms with Gasteiger partial charge in [-0.15, -0.1) is 0 Å². The molecule has 4 heteroatoms. The molecule has 0 aliphatic carbocycles. The largest absolute Gasteiger partial charge is 0.309 e. The van der Waals surface area contributed by atoms with E-state index in [0.717, 1.165) is 112 Å². The van der Waals surface area contributed by atoms with Crippen molar-refractivity contribution < 1.29 is 9.59 Å². The van der Waals surface area contributed by atoms with Crippen LogP contribution < -0.4 is 9.80 Å². The number of hydrogen-bond acceptors (Lipinski definition) is 4. The van der Waals surface area contributed by atoms with Gasteiger partial charge in [-0.05, 0) is 155 Å². The Hall–Kier alpha value is -11.7. The minimum Gasteiger partial charge on any atom is -0.309 e. The van der Waals surface area contributed by atoms with Gasteiger partial charge in [0.1, 0.15) is 0 Å². The molecular weight excluding hydrogens is 1140 g/mol. The molecule has 0 unspecified atom stereocenters. The van der Waals surface area contributed by atoms with Gasteiger partial charge >= 0.3 is 0 Å². The topological polar surface area (TPSA) is 40.6 Å². The van der Waals surface area contributed by atoms with Gasteiger partial charge in [-0.1, -0.05) is 289 Å². The number of benzene rings is 14. The molecule has 4 nitrogen and oxygen atoms in total. The van der Waals surface area contributed by atoms with Crippen molar-refractivity contribution in [1.29, 1.82) is 0 Å². The van der Waals surface area contributed by atoms with Crippen LogP contribution in [-0.4, -0.2) is 11.6 Å². The predicted molar refractivity (Wildman–Crippen MR) is 390 cm³/mol. The van der Waals surface area contributed by atoms with Gasteiger partial charge in [0.2, 0.25) is 0 Å². The van der Waals surface area contributed by atoms with Crippen LogP contribution in [0.3, 0.4) is 0 Å². The Morgan fingerprint density at radius 1 is 0.223 bits per heavy atom. The van der Waals surface area contributed by atoms with E-state index in [0.29, 0.717) is 22.3 Å². The van der Waals surface area contributed by atoms with Gasteiger partial charge in [0.05, 0.1) is 34.1 Å². The number of para-hydroxylation sites is 6. The van der Waals surface area contributed by atoms with Crippen LogP contribution in [0.4, 0.5) is 34.1 Å². The van der Waals surface area contributed by atoms with Gasteiger partial charge in [-0.3, -0.25) is 9.59 Å². The molecule has 0 radical (unpaired) electrons. The Morgan fingerprint density at radius 2 is 0.532 bits per heavy atom. The van der Waals surface area contributed by atoms with Crippen molar-refractivity contribution in [2.75, 3.05) is 9.80 Å². The summed E-state index contributed by atoms with van der Waals surface area (Å²) in [5.74, 6) is -0.0121. The standard InChI is InChI=1S/C90H66N2O2/c1-89(2)77-36-15-21-42-83(77)91(84-43-22-16-37-78(84)89)81-40-19-13-34-71(81)75-57-68-56-74(70-33-12-11-32-69(70)60-48-52-64(53-49-60)88(94)62-28-9-6-10-29-62)76(72-35-14-20-41-82(72)92-85-44-23-17-38-79(85)90(3,4)80-39-18-24-45-86(80)92)58-67(68)55-73(75)66-31-25-30-65(54-66)59-46-50-63(51-47-59)87(93)61-26-7-5-8-27-61/h5-58H,1-4H3. The van der Waals surface area contributed by atoms with Crippen molar-refractivity contribution in [2.45, 2.75) is 38.5 Å². The molecule has 2 aliphatic heterocycles. The molecule has 0 saturated carbocycles. The normalized spacial score (nSPS) is 13.3. The zero-order chi connectivity index (χ0) is 63.7. The molecule has 448 valence electrons. The van der Waals surface area contributed by atoms with Crippen molar-refractivity contribution in [3.05, 3.63) is 372 Å². The third-order valence-corrected chi connectivity index (χ3v) is 19.7. The first-order valence-electron chi connectivity index (χ1n) is 32.4. The lowest BCUT2D eigenvalue weighted by Gasteiger charge is -2.42. The number of rotatable bonds is 12. The maximum Gasteiger partial charge on any atom is 0.193 e. The Kier molecular flexibility index (Phi) is 14.2. The molecule has 0 aromatic heterocycles. The molecular formula is C90H66N2O2. The summed E-state index contributed by atoms with van der Waals surface area (Å²) in [6.07, 6.45) is 0.